The lowest BCUT2D eigenvalue weighted by atomic mass is 10.2. The maximum atomic E-state index is 5.66. The first-order valence-electron chi connectivity index (χ1n) is 4.78. The zero-order valence-corrected chi connectivity index (χ0v) is 9.84. The monoisotopic (exact) mass is 210 g/mol. The van der Waals surface area contributed by atoms with E-state index in [1.54, 1.807) is 0 Å². The molecule has 0 fully saturated rings. The van der Waals surface area contributed by atoms with Gasteiger partial charge in [0.2, 0.25) is 0 Å². The molecule has 1 rings (SSSR count). The average Bonchev–Trinajstić information content (AvgIpc) is 2.15. The van der Waals surface area contributed by atoms with Gasteiger partial charge in [-0.15, -0.1) is 11.8 Å². The lowest BCUT2D eigenvalue weighted by Crippen LogP contribution is -2.17. The van der Waals surface area contributed by atoms with Crippen LogP contribution in [0.1, 0.15) is 17.9 Å². The molecule has 1 atom stereocenters. The summed E-state index contributed by atoms with van der Waals surface area (Å²) >= 11 is 1.93. The summed E-state index contributed by atoms with van der Waals surface area (Å²) in [7, 11) is 4.20. The van der Waals surface area contributed by atoms with Crippen molar-refractivity contribution in [1.82, 2.24) is 4.90 Å². The third kappa shape index (κ3) is 2.93. The number of thioether (sulfide) groups is 1. The molecule has 0 saturated carbocycles. The van der Waals surface area contributed by atoms with Gasteiger partial charge in [0, 0.05) is 5.69 Å². The Balaban J connectivity index is 2.82. The quantitative estimate of drug-likeness (QED) is 0.612. The van der Waals surface area contributed by atoms with E-state index in [4.69, 9.17) is 5.73 Å². The molecule has 0 heterocycles. The molecule has 1 aromatic rings. The third-order valence-electron chi connectivity index (χ3n) is 2.02. The summed E-state index contributed by atoms with van der Waals surface area (Å²) in [5, 5.41) is 0.431. The molecular weight excluding hydrogens is 192 g/mol. The molecule has 0 saturated heterocycles. The fraction of sp³-hybridized carbons (Fsp3) is 0.455. The second-order valence-electron chi connectivity index (χ2n) is 3.44. The molecule has 1 aromatic carbocycles. The largest absolute Gasteiger partial charge is 0.399 e. The van der Waals surface area contributed by atoms with E-state index in [2.05, 4.69) is 38.1 Å². The first-order valence-corrected chi connectivity index (χ1v) is 5.83. The zero-order valence-electron chi connectivity index (χ0n) is 9.03. The highest BCUT2D eigenvalue weighted by Crippen LogP contribution is 2.30. The topological polar surface area (TPSA) is 29.3 Å². The molecule has 0 spiro atoms. The Hall–Kier alpha value is -0.670. The number of nitrogens with two attached hydrogens (primary N) is 1. The summed E-state index contributed by atoms with van der Waals surface area (Å²) in [5.41, 5.74) is 7.80. The van der Waals surface area contributed by atoms with Gasteiger partial charge < -0.3 is 5.73 Å². The maximum absolute atomic E-state index is 5.66. The smallest absolute Gasteiger partial charge is 0.0809 e. The minimum atomic E-state index is 0.431. The van der Waals surface area contributed by atoms with Crippen molar-refractivity contribution >= 4 is 17.4 Å². The Morgan fingerprint density at radius 3 is 2.29 bits per heavy atom. The Labute approximate surface area is 90.5 Å². The Kier molecular flexibility index (Phi) is 4.29. The molecular formula is C11H18N2S. The number of nitrogen functional groups attached to an aromatic ring is 1. The highest BCUT2D eigenvalue weighted by atomic mass is 32.2. The van der Waals surface area contributed by atoms with Crippen molar-refractivity contribution in [2.24, 2.45) is 0 Å². The van der Waals surface area contributed by atoms with Crippen molar-refractivity contribution in [2.75, 3.05) is 25.6 Å². The van der Waals surface area contributed by atoms with Crippen molar-refractivity contribution in [2.45, 2.75) is 12.3 Å². The van der Waals surface area contributed by atoms with Crippen molar-refractivity contribution in [3.05, 3.63) is 29.8 Å². The minimum absolute atomic E-state index is 0.431. The van der Waals surface area contributed by atoms with E-state index in [-0.39, 0.29) is 0 Å². The van der Waals surface area contributed by atoms with Crippen LogP contribution < -0.4 is 5.73 Å². The van der Waals surface area contributed by atoms with Crippen molar-refractivity contribution in [1.29, 1.82) is 0 Å². The summed E-state index contributed by atoms with van der Waals surface area (Å²) in [5.74, 6) is 1.12. The molecule has 0 radical (unpaired) electrons. The molecule has 0 aliphatic carbocycles. The molecule has 0 aliphatic rings. The van der Waals surface area contributed by atoms with E-state index in [0.717, 1.165) is 11.4 Å². The van der Waals surface area contributed by atoms with Gasteiger partial charge in [0.05, 0.1) is 5.37 Å². The standard InChI is InChI=1S/C11H18N2S/c1-4-14-11(13(2)3)9-5-7-10(12)8-6-9/h5-8,11H,4,12H2,1-3H3. The van der Waals surface area contributed by atoms with Crippen LogP contribution in [0.2, 0.25) is 0 Å². The normalized spacial score (nSPS) is 13.1. The summed E-state index contributed by atoms with van der Waals surface area (Å²) < 4.78 is 0. The fourth-order valence-electron chi connectivity index (χ4n) is 1.36. The van der Waals surface area contributed by atoms with Gasteiger partial charge in [-0.3, -0.25) is 4.90 Å². The van der Waals surface area contributed by atoms with Crippen LogP contribution in [0.3, 0.4) is 0 Å². The average molecular weight is 210 g/mol. The zero-order chi connectivity index (χ0) is 10.6. The number of benzene rings is 1. The van der Waals surface area contributed by atoms with E-state index in [1.165, 1.54) is 5.56 Å². The Bertz CT molecular complexity index is 269. The van der Waals surface area contributed by atoms with Crippen LogP contribution >= 0.6 is 11.8 Å². The molecule has 14 heavy (non-hydrogen) atoms. The van der Waals surface area contributed by atoms with Crippen LogP contribution in [0.25, 0.3) is 0 Å². The molecule has 0 aromatic heterocycles. The van der Waals surface area contributed by atoms with Gasteiger partial charge >= 0.3 is 0 Å². The second-order valence-corrected chi connectivity index (χ2v) is 4.80. The Morgan fingerprint density at radius 1 is 1.29 bits per heavy atom. The first kappa shape index (κ1) is 11.4. The van der Waals surface area contributed by atoms with E-state index < -0.39 is 0 Å². The molecule has 0 aliphatic heterocycles. The lowest BCUT2D eigenvalue weighted by Gasteiger charge is -2.23. The van der Waals surface area contributed by atoms with E-state index in [0.29, 0.717) is 5.37 Å². The summed E-state index contributed by atoms with van der Waals surface area (Å²) in [6.07, 6.45) is 0. The third-order valence-corrected chi connectivity index (χ3v) is 3.36. The number of nitrogens with zero attached hydrogens (tertiary/aromatic N) is 1. The van der Waals surface area contributed by atoms with Gasteiger partial charge in [-0.1, -0.05) is 19.1 Å². The van der Waals surface area contributed by atoms with Crippen molar-refractivity contribution in [3.8, 4) is 0 Å². The second kappa shape index (κ2) is 5.27. The lowest BCUT2D eigenvalue weighted by molar-refractivity contribution is 0.391. The molecule has 3 heteroatoms. The maximum Gasteiger partial charge on any atom is 0.0809 e. The predicted octanol–water partition coefficient (Wildman–Crippen LogP) is 2.58. The van der Waals surface area contributed by atoms with Crippen molar-refractivity contribution in [3.63, 3.8) is 0 Å². The summed E-state index contributed by atoms with van der Waals surface area (Å²) in [4.78, 5) is 2.22. The van der Waals surface area contributed by atoms with Crippen LogP contribution in [-0.2, 0) is 0 Å². The van der Waals surface area contributed by atoms with Gasteiger partial charge in [-0.05, 0) is 37.5 Å². The van der Waals surface area contributed by atoms with Crippen LogP contribution in [0, 0.1) is 0 Å². The van der Waals surface area contributed by atoms with Gasteiger partial charge in [0.25, 0.3) is 0 Å². The minimum Gasteiger partial charge on any atom is -0.399 e. The first-order chi connectivity index (χ1) is 6.65. The van der Waals surface area contributed by atoms with E-state index in [1.807, 2.05) is 23.9 Å². The molecule has 2 N–H and O–H groups in total. The Morgan fingerprint density at radius 2 is 1.86 bits per heavy atom. The van der Waals surface area contributed by atoms with Crippen LogP contribution in [0.15, 0.2) is 24.3 Å². The van der Waals surface area contributed by atoms with Gasteiger partial charge in [0.15, 0.2) is 0 Å². The van der Waals surface area contributed by atoms with E-state index >= 15 is 0 Å². The summed E-state index contributed by atoms with van der Waals surface area (Å²) in [6.45, 7) is 2.18. The number of hydrogen-bond donors (Lipinski definition) is 1. The fourth-order valence-corrected chi connectivity index (χ4v) is 2.33. The highest BCUT2D eigenvalue weighted by Gasteiger charge is 2.12. The van der Waals surface area contributed by atoms with Gasteiger partial charge in [-0.25, -0.2) is 0 Å². The molecule has 78 valence electrons. The van der Waals surface area contributed by atoms with Gasteiger partial charge in [-0.2, -0.15) is 0 Å². The van der Waals surface area contributed by atoms with Crippen LogP contribution in [0.4, 0.5) is 5.69 Å². The predicted molar refractivity (Wildman–Crippen MR) is 65.4 cm³/mol. The van der Waals surface area contributed by atoms with Crippen molar-refractivity contribution < 1.29 is 0 Å². The highest BCUT2D eigenvalue weighted by molar-refractivity contribution is 7.99. The SMILES string of the molecule is CCSC(c1ccc(N)cc1)N(C)C. The summed E-state index contributed by atoms with van der Waals surface area (Å²) in [6, 6.07) is 8.12. The molecule has 2 nitrogen and oxygen atoms in total. The number of rotatable bonds is 4. The molecule has 0 amide bonds. The van der Waals surface area contributed by atoms with E-state index in [9.17, 15) is 0 Å². The molecule has 0 bridgehead atoms. The van der Waals surface area contributed by atoms with Crippen LogP contribution in [0.5, 0.6) is 0 Å². The molecule has 1 unspecified atom stereocenters. The number of hydrogen-bond acceptors (Lipinski definition) is 3. The van der Waals surface area contributed by atoms with Crippen LogP contribution in [-0.4, -0.2) is 24.7 Å². The number of anilines is 1. The van der Waals surface area contributed by atoms with Gasteiger partial charge in [0.1, 0.15) is 0 Å².